The summed E-state index contributed by atoms with van der Waals surface area (Å²) < 4.78 is 38.4. The molecule has 0 saturated heterocycles. The lowest BCUT2D eigenvalue weighted by atomic mass is 10.1. The van der Waals surface area contributed by atoms with Gasteiger partial charge in [-0.2, -0.15) is 18.3 Å². The second-order valence-corrected chi connectivity index (χ2v) is 4.02. The van der Waals surface area contributed by atoms with E-state index < -0.39 is 11.9 Å². The predicted octanol–water partition coefficient (Wildman–Crippen LogP) is 2.91. The molecule has 0 aliphatic carbocycles. The molecule has 1 heterocycles. The smallest absolute Gasteiger partial charge is 0.324 e. The van der Waals surface area contributed by atoms with Crippen LogP contribution in [0.5, 0.6) is 0 Å². The Balaban J connectivity index is 2.29. The zero-order valence-electron chi connectivity index (χ0n) is 9.65. The van der Waals surface area contributed by atoms with Gasteiger partial charge in [-0.1, -0.05) is 12.1 Å². The van der Waals surface area contributed by atoms with E-state index >= 15 is 0 Å². The molecule has 6 heteroatoms. The minimum Gasteiger partial charge on any atom is -0.324 e. The Morgan fingerprint density at radius 1 is 1.17 bits per heavy atom. The number of alkyl halides is 3. The Bertz CT molecular complexity index is 526. The molecule has 0 aliphatic rings. The summed E-state index contributed by atoms with van der Waals surface area (Å²) in [6, 6.07) is 7.75. The third-order valence-electron chi connectivity index (χ3n) is 2.56. The zero-order valence-corrected chi connectivity index (χ0v) is 9.65. The van der Waals surface area contributed by atoms with E-state index in [4.69, 9.17) is 5.73 Å². The van der Waals surface area contributed by atoms with E-state index in [1.165, 1.54) is 10.9 Å². The van der Waals surface area contributed by atoms with Crippen molar-refractivity contribution in [3.8, 4) is 5.69 Å². The largest absolute Gasteiger partial charge is 0.435 e. The SMILES string of the molecule is C[C@@H](N)c1ccc(-n2ccc(C(F)(F)F)n2)cc1. The molecular formula is C12H12F3N3. The number of rotatable bonds is 2. The van der Waals surface area contributed by atoms with Gasteiger partial charge in [-0.05, 0) is 30.7 Å². The van der Waals surface area contributed by atoms with Gasteiger partial charge in [-0.25, -0.2) is 4.68 Å². The first kappa shape index (κ1) is 12.6. The minimum absolute atomic E-state index is 0.109. The maximum Gasteiger partial charge on any atom is 0.435 e. The molecule has 96 valence electrons. The highest BCUT2D eigenvalue weighted by atomic mass is 19.4. The van der Waals surface area contributed by atoms with Crippen LogP contribution in [0.4, 0.5) is 13.2 Å². The van der Waals surface area contributed by atoms with Gasteiger partial charge in [0.25, 0.3) is 0 Å². The Morgan fingerprint density at radius 3 is 2.22 bits per heavy atom. The second kappa shape index (κ2) is 4.45. The average Bonchev–Trinajstić information content (AvgIpc) is 2.78. The van der Waals surface area contributed by atoms with Crippen molar-refractivity contribution in [3.63, 3.8) is 0 Å². The number of halogens is 3. The summed E-state index contributed by atoms with van der Waals surface area (Å²) in [4.78, 5) is 0. The van der Waals surface area contributed by atoms with Crippen molar-refractivity contribution in [2.24, 2.45) is 5.73 Å². The van der Waals surface area contributed by atoms with E-state index in [0.717, 1.165) is 11.6 Å². The standard InChI is InChI=1S/C12H12F3N3/c1-8(16)9-2-4-10(5-3-9)18-7-6-11(17-18)12(13,14)15/h2-8H,16H2,1H3/t8-/m1/s1. The zero-order chi connectivity index (χ0) is 13.3. The molecule has 0 bridgehead atoms. The maximum absolute atomic E-state index is 12.4. The van der Waals surface area contributed by atoms with Crippen LogP contribution < -0.4 is 5.73 Å². The average molecular weight is 255 g/mol. The molecule has 0 saturated carbocycles. The van der Waals surface area contributed by atoms with E-state index in [-0.39, 0.29) is 6.04 Å². The van der Waals surface area contributed by atoms with Gasteiger partial charge in [-0.15, -0.1) is 0 Å². The molecule has 1 aromatic carbocycles. The fraction of sp³-hybridized carbons (Fsp3) is 0.250. The normalized spacial score (nSPS) is 13.6. The number of hydrogen-bond donors (Lipinski definition) is 1. The molecule has 2 aromatic rings. The number of nitrogens with zero attached hydrogens (tertiary/aromatic N) is 2. The summed E-state index contributed by atoms with van der Waals surface area (Å²) in [6.45, 7) is 1.84. The third-order valence-corrected chi connectivity index (χ3v) is 2.56. The van der Waals surface area contributed by atoms with Gasteiger partial charge in [0.1, 0.15) is 0 Å². The van der Waals surface area contributed by atoms with Crippen LogP contribution in [0.1, 0.15) is 24.2 Å². The van der Waals surface area contributed by atoms with Gasteiger partial charge in [0, 0.05) is 12.2 Å². The molecule has 1 atom stereocenters. The highest BCUT2D eigenvalue weighted by Gasteiger charge is 2.33. The highest BCUT2D eigenvalue weighted by Crippen LogP contribution is 2.27. The van der Waals surface area contributed by atoms with Crippen LogP contribution in [0.25, 0.3) is 5.69 Å². The quantitative estimate of drug-likeness (QED) is 0.896. The molecule has 18 heavy (non-hydrogen) atoms. The molecule has 0 fully saturated rings. The van der Waals surface area contributed by atoms with Gasteiger partial charge in [0.2, 0.25) is 0 Å². The first-order valence-corrected chi connectivity index (χ1v) is 5.37. The minimum atomic E-state index is -4.42. The van der Waals surface area contributed by atoms with Crippen LogP contribution in [0, 0.1) is 0 Å². The fourth-order valence-electron chi connectivity index (χ4n) is 1.55. The number of benzene rings is 1. The lowest BCUT2D eigenvalue weighted by Crippen LogP contribution is -2.07. The Hall–Kier alpha value is -1.82. The lowest BCUT2D eigenvalue weighted by molar-refractivity contribution is -0.141. The summed E-state index contributed by atoms with van der Waals surface area (Å²) in [7, 11) is 0. The molecule has 2 N–H and O–H groups in total. The van der Waals surface area contributed by atoms with Crippen molar-refractivity contribution < 1.29 is 13.2 Å². The highest BCUT2D eigenvalue weighted by molar-refractivity contribution is 5.35. The molecule has 0 amide bonds. The summed E-state index contributed by atoms with van der Waals surface area (Å²) in [6.07, 6.45) is -3.14. The molecular weight excluding hydrogens is 243 g/mol. The van der Waals surface area contributed by atoms with Gasteiger partial charge < -0.3 is 5.73 Å². The summed E-state index contributed by atoms with van der Waals surface area (Å²) in [5.74, 6) is 0. The van der Waals surface area contributed by atoms with Crippen molar-refractivity contribution >= 4 is 0 Å². The van der Waals surface area contributed by atoms with Crippen LogP contribution in [-0.4, -0.2) is 9.78 Å². The third kappa shape index (κ3) is 2.53. The first-order valence-electron chi connectivity index (χ1n) is 5.37. The van der Waals surface area contributed by atoms with Gasteiger partial charge in [-0.3, -0.25) is 0 Å². The van der Waals surface area contributed by atoms with Gasteiger partial charge >= 0.3 is 6.18 Å². The molecule has 0 spiro atoms. The van der Waals surface area contributed by atoms with E-state index in [0.29, 0.717) is 5.69 Å². The molecule has 0 aliphatic heterocycles. The second-order valence-electron chi connectivity index (χ2n) is 4.02. The Labute approximate surface area is 102 Å². The van der Waals surface area contributed by atoms with Crippen molar-refractivity contribution in [3.05, 3.63) is 47.8 Å². The topological polar surface area (TPSA) is 43.8 Å². The van der Waals surface area contributed by atoms with Crippen LogP contribution >= 0.6 is 0 Å². The first-order chi connectivity index (χ1) is 8.38. The molecule has 2 rings (SSSR count). The lowest BCUT2D eigenvalue weighted by Gasteiger charge is -2.07. The van der Waals surface area contributed by atoms with E-state index in [2.05, 4.69) is 5.10 Å². The van der Waals surface area contributed by atoms with Crippen molar-refractivity contribution in [2.75, 3.05) is 0 Å². The van der Waals surface area contributed by atoms with Gasteiger partial charge in [0.15, 0.2) is 5.69 Å². The fourth-order valence-corrected chi connectivity index (χ4v) is 1.55. The summed E-state index contributed by atoms with van der Waals surface area (Å²) in [5, 5.41) is 3.49. The van der Waals surface area contributed by atoms with Gasteiger partial charge in [0.05, 0.1) is 5.69 Å². The predicted molar refractivity (Wildman–Crippen MR) is 61.2 cm³/mol. The number of aromatic nitrogens is 2. The monoisotopic (exact) mass is 255 g/mol. The summed E-state index contributed by atoms with van der Waals surface area (Å²) >= 11 is 0. The van der Waals surface area contributed by atoms with Crippen LogP contribution in [0.3, 0.4) is 0 Å². The van der Waals surface area contributed by atoms with E-state index in [1.54, 1.807) is 24.3 Å². The number of nitrogens with two attached hydrogens (primary N) is 1. The van der Waals surface area contributed by atoms with E-state index in [9.17, 15) is 13.2 Å². The van der Waals surface area contributed by atoms with Crippen molar-refractivity contribution in [2.45, 2.75) is 19.1 Å². The molecule has 0 radical (unpaired) electrons. The number of hydrogen-bond acceptors (Lipinski definition) is 2. The van der Waals surface area contributed by atoms with Crippen LogP contribution in [0.15, 0.2) is 36.5 Å². The Morgan fingerprint density at radius 2 is 1.78 bits per heavy atom. The van der Waals surface area contributed by atoms with Crippen LogP contribution in [-0.2, 0) is 6.18 Å². The molecule has 1 aromatic heterocycles. The maximum atomic E-state index is 12.4. The molecule has 3 nitrogen and oxygen atoms in total. The van der Waals surface area contributed by atoms with Crippen molar-refractivity contribution in [1.29, 1.82) is 0 Å². The van der Waals surface area contributed by atoms with Crippen LogP contribution in [0.2, 0.25) is 0 Å². The molecule has 0 unspecified atom stereocenters. The van der Waals surface area contributed by atoms with E-state index in [1.807, 2.05) is 6.92 Å². The Kier molecular flexibility index (Phi) is 3.13. The summed E-state index contributed by atoms with van der Waals surface area (Å²) in [5.41, 5.74) is 6.27. The van der Waals surface area contributed by atoms with Crippen molar-refractivity contribution in [1.82, 2.24) is 9.78 Å².